The average molecular weight is 402 g/mol. The van der Waals surface area contributed by atoms with Crippen LogP contribution in [0, 0.1) is 25.6 Å². The maximum Gasteiger partial charge on any atom is 0.278 e. The number of rotatable bonds is 6. The van der Waals surface area contributed by atoms with Crippen molar-refractivity contribution < 1.29 is 9.18 Å². The summed E-state index contributed by atoms with van der Waals surface area (Å²) >= 11 is 1.22. The van der Waals surface area contributed by atoms with Crippen molar-refractivity contribution in [3.05, 3.63) is 51.7 Å². The smallest absolute Gasteiger partial charge is 0.278 e. The van der Waals surface area contributed by atoms with Gasteiger partial charge in [-0.3, -0.25) is 14.2 Å². The van der Waals surface area contributed by atoms with E-state index < -0.39 is 0 Å². The number of nitrogens with one attached hydrogen (secondary N) is 2. The number of aryl methyl sites for hydroxylation is 2. The van der Waals surface area contributed by atoms with Crippen LogP contribution >= 0.6 is 11.8 Å². The lowest BCUT2D eigenvalue weighted by Gasteiger charge is -2.14. The van der Waals surface area contributed by atoms with Crippen molar-refractivity contribution >= 4 is 34.4 Å². The number of fused-ring (bicyclic) bond motifs is 1. The largest absolute Gasteiger partial charge is 0.353 e. The number of hydrogen-bond acceptors (Lipinski definition) is 4. The van der Waals surface area contributed by atoms with E-state index in [0.29, 0.717) is 34.0 Å². The molecule has 0 aliphatic rings. The number of carbonyl (C=O) groups excluding carboxylic acids is 1. The SMILES string of the molecule is Cc1cc2nc(SCC(=O)Nc3ccc(F)cc3C)n(CC(C)C)c(=O)c2[nH]1. The van der Waals surface area contributed by atoms with Gasteiger partial charge in [0.05, 0.1) is 11.3 Å². The molecule has 0 aliphatic heterocycles. The monoisotopic (exact) mass is 402 g/mol. The van der Waals surface area contributed by atoms with Crippen molar-refractivity contribution in [1.82, 2.24) is 14.5 Å². The lowest BCUT2D eigenvalue weighted by atomic mass is 10.2. The number of benzene rings is 1. The van der Waals surface area contributed by atoms with E-state index in [1.165, 1.54) is 30.0 Å². The molecule has 6 nitrogen and oxygen atoms in total. The molecule has 3 aromatic rings. The quantitative estimate of drug-likeness (QED) is 0.485. The fourth-order valence-corrected chi connectivity index (χ4v) is 3.74. The second-order valence-electron chi connectivity index (χ2n) is 7.21. The Morgan fingerprint density at radius 1 is 1.32 bits per heavy atom. The van der Waals surface area contributed by atoms with Crippen molar-refractivity contribution in [2.24, 2.45) is 5.92 Å². The van der Waals surface area contributed by atoms with E-state index in [0.717, 1.165) is 5.69 Å². The molecule has 2 N–H and O–H groups in total. The van der Waals surface area contributed by atoms with E-state index in [2.05, 4.69) is 15.3 Å². The number of aromatic amines is 1. The maximum absolute atomic E-state index is 13.2. The Morgan fingerprint density at radius 2 is 2.07 bits per heavy atom. The van der Waals surface area contributed by atoms with Crippen LogP contribution in [0.3, 0.4) is 0 Å². The zero-order valence-corrected chi connectivity index (χ0v) is 17.1. The van der Waals surface area contributed by atoms with Crippen molar-refractivity contribution in [3.63, 3.8) is 0 Å². The van der Waals surface area contributed by atoms with E-state index in [1.54, 1.807) is 11.5 Å². The molecule has 28 heavy (non-hydrogen) atoms. The summed E-state index contributed by atoms with van der Waals surface area (Å²) in [6, 6.07) is 6.03. The lowest BCUT2D eigenvalue weighted by Crippen LogP contribution is -2.26. The summed E-state index contributed by atoms with van der Waals surface area (Å²) in [7, 11) is 0. The molecule has 2 aromatic heterocycles. The second-order valence-corrected chi connectivity index (χ2v) is 8.16. The molecule has 1 aromatic carbocycles. The van der Waals surface area contributed by atoms with Crippen LogP contribution in [0.15, 0.2) is 34.2 Å². The molecule has 0 bridgehead atoms. The zero-order chi connectivity index (χ0) is 20.4. The van der Waals surface area contributed by atoms with Gasteiger partial charge in [-0.2, -0.15) is 0 Å². The molecule has 0 fully saturated rings. The standard InChI is InChI=1S/C20H23FN4O2S/c1-11(2)9-25-19(27)18-16(8-13(4)22-18)24-20(25)28-10-17(26)23-15-6-5-14(21)7-12(15)3/h5-8,11,22H,9-10H2,1-4H3,(H,23,26). The van der Waals surface area contributed by atoms with Crippen LogP contribution in [0.5, 0.6) is 0 Å². The second kappa shape index (κ2) is 8.18. The number of carbonyl (C=O) groups is 1. The van der Waals surface area contributed by atoms with Crippen LogP contribution in [0.1, 0.15) is 25.1 Å². The number of nitrogens with zero attached hydrogens (tertiary/aromatic N) is 2. The zero-order valence-electron chi connectivity index (χ0n) is 16.3. The van der Waals surface area contributed by atoms with Gasteiger partial charge in [0.25, 0.3) is 5.56 Å². The molecular formula is C20H23FN4O2S. The van der Waals surface area contributed by atoms with E-state index in [9.17, 15) is 14.0 Å². The van der Waals surface area contributed by atoms with Crippen molar-refractivity contribution in [2.45, 2.75) is 39.4 Å². The lowest BCUT2D eigenvalue weighted by molar-refractivity contribution is -0.113. The number of hydrogen-bond donors (Lipinski definition) is 2. The van der Waals surface area contributed by atoms with E-state index in [1.807, 2.05) is 26.8 Å². The maximum atomic E-state index is 13.2. The van der Waals surface area contributed by atoms with Gasteiger partial charge in [0.1, 0.15) is 11.3 Å². The number of H-pyrrole nitrogens is 1. The Kier molecular flexibility index (Phi) is 5.88. The minimum atomic E-state index is -0.345. The number of amides is 1. The van der Waals surface area contributed by atoms with Crippen LogP contribution in [-0.4, -0.2) is 26.2 Å². The molecule has 0 spiro atoms. The van der Waals surface area contributed by atoms with Gasteiger partial charge >= 0.3 is 0 Å². The summed E-state index contributed by atoms with van der Waals surface area (Å²) < 4.78 is 14.8. The summed E-state index contributed by atoms with van der Waals surface area (Å²) in [5.41, 5.74) is 3.02. The molecule has 0 atom stereocenters. The topological polar surface area (TPSA) is 79.8 Å². The highest BCUT2D eigenvalue weighted by molar-refractivity contribution is 7.99. The van der Waals surface area contributed by atoms with E-state index >= 15 is 0 Å². The first-order chi connectivity index (χ1) is 13.2. The summed E-state index contributed by atoms with van der Waals surface area (Å²) in [6.45, 7) is 8.17. The highest BCUT2D eigenvalue weighted by Gasteiger charge is 2.16. The Hall–Kier alpha value is -2.61. The average Bonchev–Trinajstić information content (AvgIpc) is 2.99. The van der Waals surface area contributed by atoms with Crippen molar-refractivity contribution in [2.75, 3.05) is 11.1 Å². The Labute approximate surface area is 166 Å². The minimum Gasteiger partial charge on any atom is -0.353 e. The van der Waals surface area contributed by atoms with Crippen LogP contribution in [0.25, 0.3) is 11.0 Å². The fraction of sp³-hybridized carbons (Fsp3) is 0.350. The Morgan fingerprint density at radius 3 is 2.75 bits per heavy atom. The van der Waals surface area contributed by atoms with Gasteiger partial charge < -0.3 is 10.3 Å². The molecule has 0 saturated heterocycles. The number of halogens is 1. The van der Waals surface area contributed by atoms with Gasteiger partial charge in [0.15, 0.2) is 5.16 Å². The van der Waals surface area contributed by atoms with Gasteiger partial charge in [0, 0.05) is 17.9 Å². The summed E-state index contributed by atoms with van der Waals surface area (Å²) in [5, 5.41) is 3.29. The predicted molar refractivity (Wildman–Crippen MR) is 110 cm³/mol. The Bertz CT molecular complexity index is 1090. The highest BCUT2D eigenvalue weighted by Crippen LogP contribution is 2.21. The summed E-state index contributed by atoms with van der Waals surface area (Å²) in [5.74, 6) is -0.240. The van der Waals surface area contributed by atoms with Gasteiger partial charge in [-0.1, -0.05) is 25.6 Å². The summed E-state index contributed by atoms with van der Waals surface area (Å²) in [4.78, 5) is 32.9. The first-order valence-electron chi connectivity index (χ1n) is 9.03. The third-order valence-electron chi connectivity index (χ3n) is 4.18. The van der Waals surface area contributed by atoms with Crippen LogP contribution in [0.4, 0.5) is 10.1 Å². The normalized spacial score (nSPS) is 11.4. The van der Waals surface area contributed by atoms with E-state index in [-0.39, 0.29) is 29.0 Å². The van der Waals surface area contributed by atoms with Gasteiger partial charge in [-0.05, 0) is 49.6 Å². The Balaban J connectivity index is 1.82. The first kappa shape index (κ1) is 20.1. The van der Waals surface area contributed by atoms with Crippen LogP contribution in [0.2, 0.25) is 0 Å². The fourth-order valence-electron chi connectivity index (χ4n) is 2.93. The highest BCUT2D eigenvalue weighted by atomic mass is 32.2. The molecule has 0 saturated carbocycles. The molecule has 2 heterocycles. The molecule has 0 unspecified atom stereocenters. The molecule has 3 rings (SSSR count). The minimum absolute atomic E-state index is 0.0935. The van der Waals surface area contributed by atoms with Gasteiger partial charge in [-0.25, -0.2) is 9.37 Å². The third kappa shape index (κ3) is 4.44. The number of aromatic nitrogens is 3. The first-order valence-corrected chi connectivity index (χ1v) is 10.0. The molecule has 0 radical (unpaired) electrons. The third-order valence-corrected chi connectivity index (χ3v) is 5.16. The van der Waals surface area contributed by atoms with Crippen LogP contribution in [-0.2, 0) is 11.3 Å². The molecular weight excluding hydrogens is 379 g/mol. The van der Waals surface area contributed by atoms with Crippen molar-refractivity contribution in [3.8, 4) is 0 Å². The van der Waals surface area contributed by atoms with Gasteiger partial charge in [-0.15, -0.1) is 0 Å². The summed E-state index contributed by atoms with van der Waals surface area (Å²) in [6.07, 6.45) is 0. The predicted octanol–water partition coefficient (Wildman–Crippen LogP) is 3.87. The molecule has 0 aliphatic carbocycles. The molecule has 148 valence electrons. The molecule has 1 amide bonds. The van der Waals surface area contributed by atoms with Crippen LogP contribution < -0.4 is 10.9 Å². The number of thioether (sulfide) groups is 1. The van der Waals surface area contributed by atoms with E-state index in [4.69, 9.17) is 0 Å². The number of anilines is 1. The van der Waals surface area contributed by atoms with Gasteiger partial charge in [0.2, 0.25) is 5.91 Å². The van der Waals surface area contributed by atoms with Crippen molar-refractivity contribution in [1.29, 1.82) is 0 Å². The molecule has 8 heteroatoms.